The van der Waals surface area contributed by atoms with Crippen molar-refractivity contribution in [1.82, 2.24) is 9.55 Å². The van der Waals surface area contributed by atoms with Crippen molar-refractivity contribution in [1.29, 1.82) is 0 Å². The second kappa shape index (κ2) is 4.56. The molecule has 3 rings (SSSR count). The van der Waals surface area contributed by atoms with Gasteiger partial charge in [0.05, 0.1) is 17.8 Å². The lowest BCUT2D eigenvalue weighted by Gasteiger charge is -2.12. The van der Waals surface area contributed by atoms with Crippen molar-refractivity contribution in [3.05, 3.63) is 27.1 Å². The number of Topliss-reactive ketones (excluding diaryl/α,β-unsaturated/α-hetero) is 1. The minimum absolute atomic E-state index is 0.0210. The maximum atomic E-state index is 12.6. The van der Waals surface area contributed by atoms with E-state index in [1.807, 2.05) is 0 Å². The summed E-state index contributed by atoms with van der Waals surface area (Å²) >= 11 is 1.63. The van der Waals surface area contributed by atoms with E-state index in [9.17, 15) is 9.59 Å². The molecule has 2 heterocycles. The fourth-order valence-electron chi connectivity index (χ4n) is 2.63. The maximum Gasteiger partial charge on any atom is 0.263 e. The van der Waals surface area contributed by atoms with Gasteiger partial charge in [0, 0.05) is 4.88 Å². The fourth-order valence-corrected chi connectivity index (χ4v) is 3.85. The van der Waals surface area contributed by atoms with Crippen molar-refractivity contribution in [3.63, 3.8) is 0 Å². The molecule has 1 atom stereocenters. The van der Waals surface area contributed by atoms with Crippen LogP contribution in [0.4, 0.5) is 0 Å². The first-order valence-electron chi connectivity index (χ1n) is 6.61. The Morgan fingerprint density at radius 2 is 2.16 bits per heavy atom. The van der Waals surface area contributed by atoms with Crippen molar-refractivity contribution in [2.24, 2.45) is 0 Å². The van der Waals surface area contributed by atoms with Crippen LogP contribution in [0.2, 0.25) is 0 Å². The smallest absolute Gasteiger partial charge is 0.263 e. The summed E-state index contributed by atoms with van der Waals surface area (Å²) in [6, 6.07) is -0.441. The highest BCUT2D eigenvalue weighted by Gasteiger charge is 2.21. The Morgan fingerprint density at radius 1 is 1.42 bits per heavy atom. The van der Waals surface area contributed by atoms with Gasteiger partial charge in [-0.15, -0.1) is 11.3 Å². The molecular formula is C14H16N2O2S. The number of ketones is 1. The monoisotopic (exact) mass is 276 g/mol. The number of rotatable bonds is 2. The molecular weight excluding hydrogens is 260 g/mol. The fraction of sp³-hybridized carbons (Fsp3) is 0.500. The summed E-state index contributed by atoms with van der Waals surface area (Å²) in [6.45, 7) is 3.25. The number of aromatic nitrogens is 2. The molecule has 5 heteroatoms. The van der Waals surface area contributed by atoms with Crippen molar-refractivity contribution in [3.8, 4) is 0 Å². The Morgan fingerprint density at radius 3 is 2.89 bits per heavy atom. The SMILES string of the molecule is CC(=O)C(C)n1cnc2sc3c(c2c1=O)CCCC3. The molecule has 2 aromatic rings. The molecule has 100 valence electrons. The van der Waals surface area contributed by atoms with Crippen LogP contribution in [-0.2, 0) is 17.6 Å². The van der Waals surface area contributed by atoms with Gasteiger partial charge in [-0.1, -0.05) is 0 Å². The average Bonchev–Trinajstić information content (AvgIpc) is 2.77. The molecule has 2 aromatic heterocycles. The van der Waals surface area contributed by atoms with Gasteiger partial charge in [-0.3, -0.25) is 14.2 Å². The van der Waals surface area contributed by atoms with E-state index in [0.717, 1.165) is 29.5 Å². The summed E-state index contributed by atoms with van der Waals surface area (Å²) in [4.78, 5) is 30.6. The van der Waals surface area contributed by atoms with Gasteiger partial charge in [-0.25, -0.2) is 4.98 Å². The van der Waals surface area contributed by atoms with Crippen LogP contribution >= 0.6 is 11.3 Å². The van der Waals surface area contributed by atoms with Crippen molar-refractivity contribution in [2.45, 2.75) is 45.6 Å². The number of carbonyl (C=O) groups is 1. The zero-order chi connectivity index (χ0) is 13.6. The van der Waals surface area contributed by atoms with Gasteiger partial charge in [0.1, 0.15) is 4.83 Å². The Hall–Kier alpha value is -1.49. The summed E-state index contributed by atoms with van der Waals surface area (Å²) in [5.41, 5.74) is 1.11. The van der Waals surface area contributed by atoms with E-state index in [-0.39, 0.29) is 11.3 Å². The molecule has 0 saturated heterocycles. The molecule has 1 aliphatic rings. The van der Waals surface area contributed by atoms with E-state index < -0.39 is 6.04 Å². The van der Waals surface area contributed by atoms with Crippen LogP contribution in [0.15, 0.2) is 11.1 Å². The summed E-state index contributed by atoms with van der Waals surface area (Å²) in [5.74, 6) is -0.0210. The summed E-state index contributed by atoms with van der Waals surface area (Å²) in [5, 5.41) is 0.746. The molecule has 0 radical (unpaired) electrons. The van der Waals surface area contributed by atoms with Crippen LogP contribution in [0, 0.1) is 0 Å². The van der Waals surface area contributed by atoms with E-state index in [1.54, 1.807) is 18.3 Å². The standard InChI is InChI=1S/C14H16N2O2S/c1-8(9(2)17)16-7-15-13-12(14(16)18)10-5-3-4-6-11(10)19-13/h7-8H,3-6H2,1-2H3. The number of hydrogen-bond donors (Lipinski definition) is 0. The molecule has 19 heavy (non-hydrogen) atoms. The second-order valence-electron chi connectivity index (χ2n) is 5.13. The first-order chi connectivity index (χ1) is 9.09. The van der Waals surface area contributed by atoms with E-state index >= 15 is 0 Å². The van der Waals surface area contributed by atoms with Gasteiger partial charge in [-0.2, -0.15) is 0 Å². The lowest BCUT2D eigenvalue weighted by molar-refractivity contribution is -0.119. The van der Waals surface area contributed by atoms with Crippen molar-refractivity contribution >= 4 is 27.3 Å². The van der Waals surface area contributed by atoms with Crippen LogP contribution in [0.3, 0.4) is 0 Å². The van der Waals surface area contributed by atoms with Crippen LogP contribution in [0.5, 0.6) is 0 Å². The molecule has 0 aliphatic heterocycles. The van der Waals surface area contributed by atoms with Gasteiger partial charge in [0.15, 0.2) is 5.78 Å². The molecule has 4 nitrogen and oxygen atoms in total. The molecule has 0 aromatic carbocycles. The Kier molecular flexibility index (Phi) is 3.01. The van der Waals surface area contributed by atoms with Gasteiger partial charge >= 0.3 is 0 Å². The third kappa shape index (κ3) is 1.92. The van der Waals surface area contributed by atoms with Crippen LogP contribution in [0.25, 0.3) is 10.2 Å². The lowest BCUT2D eigenvalue weighted by atomic mass is 9.97. The van der Waals surface area contributed by atoms with Crippen LogP contribution in [0.1, 0.15) is 43.2 Å². The first kappa shape index (κ1) is 12.5. The highest BCUT2D eigenvalue weighted by atomic mass is 32.1. The van der Waals surface area contributed by atoms with E-state index in [0.29, 0.717) is 0 Å². The minimum Gasteiger partial charge on any atom is -0.298 e. The summed E-state index contributed by atoms with van der Waals surface area (Å²) in [7, 11) is 0. The molecule has 0 fully saturated rings. The predicted octanol–water partition coefficient (Wildman–Crippen LogP) is 2.49. The maximum absolute atomic E-state index is 12.6. The third-order valence-corrected chi connectivity index (χ3v) is 5.11. The average molecular weight is 276 g/mol. The largest absolute Gasteiger partial charge is 0.298 e. The van der Waals surface area contributed by atoms with Crippen molar-refractivity contribution < 1.29 is 4.79 Å². The van der Waals surface area contributed by atoms with Crippen LogP contribution < -0.4 is 5.56 Å². The zero-order valence-electron chi connectivity index (χ0n) is 11.1. The Balaban J connectivity index is 2.26. The first-order valence-corrected chi connectivity index (χ1v) is 7.43. The van der Waals surface area contributed by atoms with Gasteiger partial charge in [-0.05, 0) is 45.1 Å². The number of aryl methyl sites for hydroxylation is 2. The van der Waals surface area contributed by atoms with E-state index in [4.69, 9.17) is 0 Å². The molecule has 0 amide bonds. The van der Waals surface area contributed by atoms with Gasteiger partial charge < -0.3 is 0 Å². The molecule has 0 N–H and O–H groups in total. The number of carbonyl (C=O) groups excluding carboxylic acids is 1. The quantitative estimate of drug-likeness (QED) is 0.846. The van der Waals surface area contributed by atoms with E-state index in [1.165, 1.54) is 34.7 Å². The second-order valence-corrected chi connectivity index (χ2v) is 6.22. The molecule has 0 spiro atoms. The summed E-state index contributed by atoms with van der Waals surface area (Å²) < 4.78 is 1.46. The van der Waals surface area contributed by atoms with Gasteiger partial charge in [0.25, 0.3) is 5.56 Å². The molecule has 1 unspecified atom stereocenters. The summed E-state index contributed by atoms with van der Waals surface area (Å²) in [6.07, 6.45) is 5.86. The third-order valence-electron chi connectivity index (χ3n) is 3.91. The topological polar surface area (TPSA) is 52.0 Å². The van der Waals surface area contributed by atoms with Gasteiger partial charge in [0.2, 0.25) is 0 Å². The van der Waals surface area contributed by atoms with Crippen molar-refractivity contribution in [2.75, 3.05) is 0 Å². The number of thiophene rings is 1. The predicted molar refractivity (Wildman–Crippen MR) is 75.9 cm³/mol. The minimum atomic E-state index is -0.441. The Labute approximate surface area is 115 Å². The number of hydrogen-bond acceptors (Lipinski definition) is 4. The molecule has 1 aliphatic carbocycles. The number of fused-ring (bicyclic) bond motifs is 3. The Bertz CT molecular complexity index is 714. The molecule has 0 bridgehead atoms. The van der Waals surface area contributed by atoms with E-state index in [2.05, 4.69) is 4.98 Å². The highest BCUT2D eigenvalue weighted by Crippen LogP contribution is 2.33. The zero-order valence-corrected chi connectivity index (χ0v) is 11.9. The molecule has 0 saturated carbocycles. The number of nitrogens with zero attached hydrogens (tertiary/aromatic N) is 2. The highest BCUT2D eigenvalue weighted by molar-refractivity contribution is 7.18. The normalized spacial score (nSPS) is 16.3. The van der Waals surface area contributed by atoms with Crippen LogP contribution in [-0.4, -0.2) is 15.3 Å². The lowest BCUT2D eigenvalue weighted by Crippen LogP contribution is -2.27.